The minimum atomic E-state index is -0.724. The Balaban J connectivity index is 1.43. The molecule has 1 unspecified atom stereocenters. The molecule has 3 aromatic rings. The molecule has 142 valence electrons. The Kier molecular flexibility index (Phi) is 5.34. The number of oxazole rings is 1. The first-order chi connectivity index (χ1) is 13.1. The molecule has 0 aliphatic carbocycles. The van der Waals surface area contributed by atoms with Gasteiger partial charge in [0.25, 0.3) is 0 Å². The van der Waals surface area contributed by atoms with Gasteiger partial charge in [0.05, 0.1) is 11.6 Å². The standard InChI is InChI=1S/C21H23ClN2O3/c22-17-11-18-20(27-21(26)23-18)10-16(17)19(25)13-24-8-4-7-15(12-24)9-14-5-2-1-3-6-14/h1-3,5-6,10-11,15,19,25H,4,7-9,12-13H2,(H,23,26)/t15-,19?/m0/s1. The van der Waals surface area contributed by atoms with Gasteiger partial charge in [-0.3, -0.25) is 4.98 Å². The number of hydrogen-bond donors (Lipinski definition) is 2. The maximum absolute atomic E-state index is 11.3. The van der Waals surface area contributed by atoms with Crippen LogP contribution in [0.1, 0.15) is 30.1 Å². The summed E-state index contributed by atoms with van der Waals surface area (Å²) in [7, 11) is 0. The van der Waals surface area contributed by atoms with Gasteiger partial charge in [-0.05, 0) is 49.4 Å². The van der Waals surface area contributed by atoms with E-state index >= 15 is 0 Å². The summed E-state index contributed by atoms with van der Waals surface area (Å²) in [6, 6.07) is 13.8. The summed E-state index contributed by atoms with van der Waals surface area (Å²) in [4.78, 5) is 16.2. The number of rotatable bonds is 5. The van der Waals surface area contributed by atoms with E-state index in [1.165, 1.54) is 12.0 Å². The van der Waals surface area contributed by atoms with E-state index in [1.807, 2.05) is 6.07 Å². The van der Waals surface area contributed by atoms with Crippen LogP contribution in [0.2, 0.25) is 5.02 Å². The van der Waals surface area contributed by atoms with Crippen molar-refractivity contribution in [1.82, 2.24) is 9.88 Å². The highest BCUT2D eigenvalue weighted by atomic mass is 35.5. The van der Waals surface area contributed by atoms with Crippen LogP contribution in [0.5, 0.6) is 0 Å². The predicted molar refractivity (Wildman–Crippen MR) is 106 cm³/mol. The Morgan fingerprint density at radius 3 is 2.93 bits per heavy atom. The zero-order valence-corrected chi connectivity index (χ0v) is 15.8. The van der Waals surface area contributed by atoms with Crippen LogP contribution < -0.4 is 5.76 Å². The summed E-state index contributed by atoms with van der Waals surface area (Å²) < 4.78 is 5.09. The van der Waals surface area contributed by atoms with E-state index in [2.05, 4.69) is 34.1 Å². The van der Waals surface area contributed by atoms with Gasteiger partial charge in [0.15, 0.2) is 5.58 Å². The Hall–Kier alpha value is -2.08. The highest BCUT2D eigenvalue weighted by Crippen LogP contribution is 2.29. The number of fused-ring (bicyclic) bond motifs is 1. The summed E-state index contributed by atoms with van der Waals surface area (Å²) in [6.07, 6.45) is 2.68. The smallest absolute Gasteiger partial charge is 0.408 e. The second kappa shape index (κ2) is 7.89. The van der Waals surface area contributed by atoms with Crippen molar-refractivity contribution in [3.8, 4) is 0 Å². The molecule has 27 heavy (non-hydrogen) atoms. The first kappa shape index (κ1) is 18.3. The molecule has 0 amide bonds. The van der Waals surface area contributed by atoms with Crippen LogP contribution in [0.3, 0.4) is 0 Å². The third-order valence-corrected chi connectivity index (χ3v) is 5.63. The lowest BCUT2D eigenvalue weighted by Crippen LogP contribution is -2.38. The van der Waals surface area contributed by atoms with Crippen LogP contribution in [0.4, 0.5) is 0 Å². The van der Waals surface area contributed by atoms with Gasteiger partial charge in [-0.1, -0.05) is 41.9 Å². The minimum Gasteiger partial charge on any atom is -0.408 e. The average molecular weight is 387 g/mol. The lowest BCUT2D eigenvalue weighted by molar-refractivity contribution is 0.0845. The van der Waals surface area contributed by atoms with Gasteiger partial charge in [0.2, 0.25) is 0 Å². The van der Waals surface area contributed by atoms with E-state index in [4.69, 9.17) is 16.0 Å². The number of H-pyrrole nitrogens is 1. The molecule has 2 N–H and O–H groups in total. The fourth-order valence-electron chi connectivity index (χ4n) is 4.02. The van der Waals surface area contributed by atoms with Crippen LogP contribution >= 0.6 is 11.6 Å². The highest BCUT2D eigenvalue weighted by Gasteiger charge is 2.24. The quantitative estimate of drug-likeness (QED) is 0.700. The van der Waals surface area contributed by atoms with Gasteiger partial charge >= 0.3 is 5.76 Å². The van der Waals surface area contributed by atoms with E-state index < -0.39 is 11.9 Å². The molecule has 2 aromatic carbocycles. The Labute approximate surface area is 162 Å². The molecule has 0 radical (unpaired) electrons. The van der Waals surface area contributed by atoms with Gasteiger partial charge in [-0.2, -0.15) is 0 Å². The van der Waals surface area contributed by atoms with Crippen LogP contribution in [-0.4, -0.2) is 34.6 Å². The monoisotopic (exact) mass is 386 g/mol. The SMILES string of the molecule is O=c1[nH]c2cc(Cl)c(C(O)CN3CCC[C@@H](Cc4ccccc4)C3)cc2o1. The molecule has 1 aliphatic heterocycles. The summed E-state index contributed by atoms with van der Waals surface area (Å²) in [5.41, 5.74) is 2.92. The number of nitrogens with one attached hydrogen (secondary N) is 1. The minimum absolute atomic E-state index is 0.416. The van der Waals surface area contributed by atoms with Crippen LogP contribution in [0.15, 0.2) is 51.7 Å². The van der Waals surface area contributed by atoms with Gasteiger partial charge < -0.3 is 14.4 Å². The fraction of sp³-hybridized carbons (Fsp3) is 0.381. The van der Waals surface area contributed by atoms with E-state index in [0.29, 0.717) is 34.1 Å². The highest BCUT2D eigenvalue weighted by molar-refractivity contribution is 6.32. The molecule has 5 nitrogen and oxygen atoms in total. The van der Waals surface area contributed by atoms with Crippen LogP contribution in [0.25, 0.3) is 11.1 Å². The number of aliphatic hydroxyl groups is 1. The molecule has 2 atom stereocenters. The number of benzene rings is 2. The molecule has 1 saturated heterocycles. The van der Waals surface area contributed by atoms with Crippen molar-refractivity contribution in [1.29, 1.82) is 0 Å². The van der Waals surface area contributed by atoms with E-state index in [0.717, 1.165) is 25.9 Å². The van der Waals surface area contributed by atoms with Crippen LogP contribution in [-0.2, 0) is 6.42 Å². The Bertz CT molecular complexity index is 966. The largest absolute Gasteiger partial charge is 0.417 e. The second-order valence-corrected chi connectivity index (χ2v) is 7.76. The van der Waals surface area contributed by atoms with Crippen molar-refractivity contribution in [2.45, 2.75) is 25.4 Å². The van der Waals surface area contributed by atoms with Crippen molar-refractivity contribution < 1.29 is 9.52 Å². The maximum atomic E-state index is 11.3. The summed E-state index contributed by atoms with van der Waals surface area (Å²) in [5.74, 6) is 0.0708. The molecule has 0 spiro atoms. The number of likely N-dealkylation sites (tertiary alicyclic amines) is 1. The van der Waals surface area contributed by atoms with Gasteiger partial charge in [-0.15, -0.1) is 0 Å². The third-order valence-electron chi connectivity index (χ3n) is 5.30. The molecule has 1 aromatic heterocycles. The first-order valence-corrected chi connectivity index (χ1v) is 9.73. The van der Waals surface area contributed by atoms with Gasteiger partial charge in [0, 0.05) is 23.7 Å². The molecular weight excluding hydrogens is 364 g/mol. The lowest BCUT2D eigenvalue weighted by Gasteiger charge is -2.34. The molecule has 6 heteroatoms. The van der Waals surface area contributed by atoms with Crippen molar-refractivity contribution >= 4 is 22.7 Å². The number of aromatic nitrogens is 1. The number of piperidine rings is 1. The molecule has 2 heterocycles. The molecule has 1 aliphatic rings. The Morgan fingerprint density at radius 1 is 1.30 bits per heavy atom. The molecule has 4 rings (SSSR count). The molecular formula is C21H23ClN2O3. The first-order valence-electron chi connectivity index (χ1n) is 9.35. The fourth-order valence-corrected chi connectivity index (χ4v) is 4.31. The van der Waals surface area contributed by atoms with E-state index in [1.54, 1.807) is 12.1 Å². The molecule has 0 bridgehead atoms. The lowest BCUT2D eigenvalue weighted by atomic mass is 9.91. The Morgan fingerprint density at radius 2 is 2.11 bits per heavy atom. The van der Waals surface area contributed by atoms with Gasteiger partial charge in [0.1, 0.15) is 0 Å². The number of halogens is 1. The third kappa shape index (κ3) is 4.26. The van der Waals surface area contributed by atoms with Crippen molar-refractivity contribution in [3.05, 3.63) is 69.2 Å². The van der Waals surface area contributed by atoms with Gasteiger partial charge in [-0.25, -0.2) is 4.79 Å². The zero-order chi connectivity index (χ0) is 18.8. The topological polar surface area (TPSA) is 69.5 Å². The van der Waals surface area contributed by atoms with Crippen molar-refractivity contribution in [2.75, 3.05) is 19.6 Å². The summed E-state index contributed by atoms with van der Waals surface area (Å²) in [5, 5.41) is 11.2. The second-order valence-electron chi connectivity index (χ2n) is 7.36. The van der Waals surface area contributed by atoms with Crippen LogP contribution in [0, 0.1) is 5.92 Å². The number of aromatic amines is 1. The molecule has 0 saturated carbocycles. The summed E-state index contributed by atoms with van der Waals surface area (Å²) in [6.45, 7) is 2.46. The maximum Gasteiger partial charge on any atom is 0.417 e. The number of nitrogens with zero attached hydrogens (tertiary/aromatic N) is 1. The number of aliphatic hydroxyl groups excluding tert-OH is 1. The normalized spacial score (nSPS) is 19.4. The van der Waals surface area contributed by atoms with E-state index in [-0.39, 0.29) is 0 Å². The molecule has 1 fully saturated rings. The number of β-amino-alcohol motifs (C(OH)–C–C–N with tert-alkyl or cyclic N) is 1. The summed E-state index contributed by atoms with van der Waals surface area (Å²) >= 11 is 6.32. The predicted octanol–water partition coefficient (Wildman–Crippen LogP) is 3.76. The van der Waals surface area contributed by atoms with E-state index in [9.17, 15) is 9.90 Å². The zero-order valence-electron chi connectivity index (χ0n) is 15.0. The van der Waals surface area contributed by atoms with Crippen molar-refractivity contribution in [3.63, 3.8) is 0 Å². The number of hydrogen-bond acceptors (Lipinski definition) is 4. The average Bonchev–Trinajstić information content (AvgIpc) is 3.01. The van der Waals surface area contributed by atoms with Crippen molar-refractivity contribution in [2.24, 2.45) is 5.92 Å².